The lowest BCUT2D eigenvalue weighted by atomic mass is 10.1. The van der Waals surface area contributed by atoms with Crippen LogP contribution in [-0.4, -0.2) is 39.5 Å². The highest BCUT2D eigenvalue weighted by molar-refractivity contribution is 9.10. The third-order valence-electron chi connectivity index (χ3n) is 3.14. The molecular weight excluding hydrogens is 413 g/mol. The summed E-state index contributed by atoms with van der Waals surface area (Å²) < 4.78 is 15.4. The summed E-state index contributed by atoms with van der Waals surface area (Å²) in [6.07, 6.45) is 0. The van der Waals surface area contributed by atoms with Crippen molar-refractivity contribution in [2.75, 3.05) is 32.5 Å². The van der Waals surface area contributed by atoms with Crippen molar-refractivity contribution >= 4 is 56.8 Å². The number of benzene rings is 1. The summed E-state index contributed by atoms with van der Waals surface area (Å²) in [5, 5.41) is 0.482. The Morgan fingerprint density at radius 3 is 2.43 bits per heavy atom. The molecule has 23 heavy (non-hydrogen) atoms. The standard InChI is InChI=1S/C14H12BrCl2NO5/c1-21-13(19)7-5-23-6-18(12(7)14(20)22-2)9-4-3-8(15)10(16)11(9)17/h3-4H,5-6H2,1-2H3. The summed E-state index contributed by atoms with van der Waals surface area (Å²) in [7, 11) is 2.43. The lowest BCUT2D eigenvalue weighted by Crippen LogP contribution is -2.39. The van der Waals surface area contributed by atoms with Gasteiger partial charge >= 0.3 is 11.9 Å². The molecule has 1 heterocycles. The van der Waals surface area contributed by atoms with E-state index in [-0.39, 0.29) is 34.7 Å². The molecule has 2 rings (SSSR count). The summed E-state index contributed by atoms with van der Waals surface area (Å²) in [6, 6.07) is 3.32. The van der Waals surface area contributed by atoms with Gasteiger partial charge in [0, 0.05) is 4.47 Å². The van der Waals surface area contributed by atoms with Crippen molar-refractivity contribution in [1.82, 2.24) is 0 Å². The molecule has 0 bridgehead atoms. The van der Waals surface area contributed by atoms with Crippen LogP contribution >= 0.6 is 39.1 Å². The third kappa shape index (κ3) is 3.47. The lowest BCUT2D eigenvalue weighted by molar-refractivity contribution is -0.140. The Labute approximate surface area is 151 Å². The summed E-state index contributed by atoms with van der Waals surface area (Å²) >= 11 is 15.6. The molecule has 0 saturated carbocycles. The molecule has 0 amide bonds. The summed E-state index contributed by atoms with van der Waals surface area (Å²) in [5.41, 5.74) is 0.452. The Bertz CT molecular complexity index is 692. The Hall–Kier alpha value is -1.28. The zero-order chi connectivity index (χ0) is 17.1. The van der Waals surface area contributed by atoms with E-state index in [9.17, 15) is 9.59 Å². The van der Waals surface area contributed by atoms with Gasteiger partial charge in [-0.05, 0) is 28.1 Å². The van der Waals surface area contributed by atoms with E-state index in [0.717, 1.165) is 0 Å². The monoisotopic (exact) mass is 423 g/mol. The molecule has 0 N–H and O–H groups in total. The zero-order valence-corrected chi connectivity index (χ0v) is 15.3. The Balaban J connectivity index is 2.62. The minimum Gasteiger partial charge on any atom is -0.466 e. The van der Waals surface area contributed by atoms with Gasteiger partial charge in [-0.2, -0.15) is 0 Å². The van der Waals surface area contributed by atoms with E-state index < -0.39 is 11.9 Å². The van der Waals surface area contributed by atoms with Gasteiger partial charge in [-0.1, -0.05) is 23.2 Å². The van der Waals surface area contributed by atoms with Crippen LogP contribution in [0.25, 0.3) is 0 Å². The molecule has 6 nitrogen and oxygen atoms in total. The third-order valence-corrected chi connectivity index (χ3v) is 4.90. The SMILES string of the molecule is COC(=O)C1=C(C(=O)OC)N(c2ccc(Br)c(Cl)c2Cl)COC1. The molecule has 1 aliphatic rings. The van der Waals surface area contributed by atoms with Crippen LogP contribution in [0.1, 0.15) is 0 Å². The van der Waals surface area contributed by atoms with E-state index in [0.29, 0.717) is 10.2 Å². The average molecular weight is 425 g/mol. The molecule has 0 aromatic heterocycles. The quantitative estimate of drug-likeness (QED) is 0.548. The summed E-state index contributed by atoms with van der Waals surface area (Å²) in [6.45, 7) is -0.0713. The van der Waals surface area contributed by atoms with Crippen molar-refractivity contribution in [3.8, 4) is 0 Å². The van der Waals surface area contributed by atoms with Crippen LogP contribution in [0.4, 0.5) is 5.69 Å². The first-order valence-electron chi connectivity index (χ1n) is 6.30. The second kappa shape index (κ2) is 7.53. The minimum absolute atomic E-state index is 0.00259. The van der Waals surface area contributed by atoms with E-state index in [1.807, 2.05) is 0 Å². The van der Waals surface area contributed by atoms with Gasteiger partial charge in [-0.3, -0.25) is 0 Å². The molecule has 0 fully saturated rings. The molecule has 124 valence electrons. The molecule has 0 atom stereocenters. The van der Waals surface area contributed by atoms with Crippen LogP contribution in [0.15, 0.2) is 27.9 Å². The first-order chi connectivity index (χ1) is 10.9. The second-order valence-corrected chi connectivity index (χ2v) is 6.02. The average Bonchev–Trinajstić information content (AvgIpc) is 2.57. The van der Waals surface area contributed by atoms with Crippen LogP contribution < -0.4 is 4.90 Å². The fourth-order valence-corrected chi connectivity index (χ4v) is 2.93. The fraction of sp³-hybridized carbons (Fsp3) is 0.286. The first kappa shape index (κ1) is 18.1. The molecule has 0 spiro atoms. The number of hydrogen-bond donors (Lipinski definition) is 0. The van der Waals surface area contributed by atoms with Crippen LogP contribution in [0.3, 0.4) is 0 Å². The maximum atomic E-state index is 12.2. The highest BCUT2D eigenvalue weighted by Crippen LogP contribution is 2.40. The van der Waals surface area contributed by atoms with Gasteiger partial charge < -0.3 is 19.1 Å². The van der Waals surface area contributed by atoms with Crippen molar-refractivity contribution < 1.29 is 23.8 Å². The molecular formula is C14H12BrCl2NO5. The Kier molecular flexibility index (Phi) is 5.91. The maximum absolute atomic E-state index is 12.2. The van der Waals surface area contributed by atoms with E-state index in [1.165, 1.54) is 19.1 Å². The highest BCUT2D eigenvalue weighted by Gasteiger charge is 2.33. The number of methoxy groups -OCH3 is 2. The van der Waals surface area contributed by atoms with Crippen LogP contribution in [0.5, 0.6) is 0 Å². The van der Waals surface area contributed by atoms with E-state index >= 15 is 0 Å². The second-order valence-electron chi connectivity index (χ2n) is 4.41. The number of halogens is 3. The predicted octanol–water partition coefficient (Wildman–Crippen LogP) is 3.15. The van der Waals surface area contributed by atoms with Crippen LogP contribution in [-0.2, 0) is 23.8 Å². The predicted molar refractivity (Wildman–Crippen MR) is 88.5 cm³/mol. The minimum atomic E-state index is -0.705. The first-order valence-corrected chi connectivity index (χ1v) is 7.85. The number of nitrogens with zero attached hydrogens (tertiary/aromatic N) is 1. The zero-order valence-electron chi connectivity index (χ0n) is 12.2. The molecule has 0 aliphatic carbocycles. The molecule has 1 aliphatic heterocycles. The Morgan fingerprint density at radius 2 is 1.83 bits per heavy atom. The summed E-state index contributed by atoms with van der Waals surface area (Å²) in [4.78, 5) is 25.5. The maximum Gasteiger partial charge on any atom is 0.355 e. The lowest BCUT2D eigenvalue weighted by Gasteiger charge is -2.32. The largest absolute Gasteiger partial charge is 0.466 e. The van der Waals surface area contributed by atoms with Crippen LogP contribution in [0, 0.1) is 0 Å². The number of ether oxygens (including phenoxy) is 3. The molecule has 0 saturated heterocycles. The van der Waals surface area contributed by atoms with Crippen molar-refractivity contribution in [1.29, 1.82) is 0 Å². The number of anilines is 1. The number of carbonyl (C=O) groups excluding carboxylic acids is 2. The van der Waals surface area contributed by atoms with Gasteiger partial charge in [0.15, 0.2) is 0 Å². The van der Waals surface area contributed by atoms with E-state index in [2.05, 4.69) is 15.9 Å². The van der Waals surface area contributed by atoms with Gasteiger partial charge in [0.2, 0.25) is 0 Å². The molecule has 9 heteroatoms. The van der Waals surface area contributed by atoms with Gasteiger partial charge in [0.05, 0.1) is 42.1 Å². The van der Waals surface area contributed by atoms with Crippen molar-refractivity contribution in [2.45, 2.75) is 0 Å². The molecule has 1 aromatic rings. The van der Waals surface area contributed by atoms with Gasteiger partial charge in [-0.15, -0.1) is 0 Å². The number of hydrogen-bond acceptors (Lipinski definition) is 6. The van der Waals surface area contributed by atoms with E-state index in [1.54, 1.807) is 12.1 Å². The van der Waals surface area contributed by atoms with Crippen molar-refractivity contribution in [3.05, 3.63) is 37.9 Å². The smallest absolute Gasteiger partial charge is 0.355 e. The molecule has 0 radical (unpaired) electrons. The molecule has 0 unspecified atom stereocenters. The highest BCUT2D eigenvalue weighted by atomic mass is 79.9. The fourth-order valence-electron chi connectivity index (χ4n) is 2.06. The number of esters is 2. The number of carbonyl (C=O) groups is 2. The normalized spacial score (nSPS) is 14.7. The van der Waals surface area contributed by atoms with Crippen molar-refractivity contribution in [3.63, 3.8) is 0 Å². The number of rotatable bonds is 3. The van der Waals surface area contributed by atoms with Crippen LogP contribution in [0.2, 0.25) is 10.0 Å². The summed E-state index contributed by atoms with van der Waals surface area (Å²) in [5.74, 6) is -1.39. The van der Waals surface area contributed by atoms with Gasteiger partial charge in [-0.25, -0.2) is 9.59 Å². The van der Waals surface area contributed by atoms with Gasteiger partial charge in [0.1, 0.15) is 12.4 Å². The molecule has 1 aromatic carbocycles. The Morgan fingerprint density at radius 1 is 1.17 bits per heavy atom. The van der Waals surface area contributed by atoms with Gasteiger partial charge in [0.25, 0.3) is 0 Å². The topological polar surface area (TPSA) is 65.1 Å². The van der Waals surface area contributed by atoms with E-state index in [4.69, 9.17) is 37.4 Å². The van der Waals surface area contributed by atoms with Crippen molar-refractivity contribution in [2.24, 2.45) is 0 Å².